The first-order valence-corrected chi connectivity index (χ1v) is 6.28. The Balaban J connectivity index is 2.53. The van der Waals surface area contributed by atoms with Gasteiger partial charge in [0.1, 0.15) is 4.88 Å². The van der Waals surface area contributed by atoms with E-state index < -0.39 is 16.5 Å². The highest BCUT2D eigenvalue weighted by molar-refractivity contribution is 7.19. The molecule has 2 rings (SSSR count). The van der Waals surface area contributed by atoms with Gasteiger partial charge in [-0.2, -0.15) is 13.2 Å². The van der Waals surface area contributed by atoms with E-state index in [2.05, 4.69) is 0 Å². The number of rotatable bonds is 2. The second-order valence-corrected chi connectivity index (χ2v) is 5.99. The van der Waals surface area contributed by atoms with Crippen LogP contribution in [-0.4, -0.2) is 11.7 Å². The van der Waals surface area contributed by atoms with Crippen molar-refractivity contribution in [2.24, 2.45) is 0 Å². The fraction of sp³-hybridized carbons (Fsp3) is 0.385. The Kier molecular flexibility index (Phi) is 3.15. The van der Waals surface area contributed by atoms with E-state index in [9.17, 15) is 18.3 Å². The van der Waals surface area contributed by atoms with Crippen molar-refractivity contribution in [1.82, 2.24) is 0 Å². The normalized spacial score (nSPS) is 13.2. The zero-order valence-corrected chi connectivity index (χ0v) is 10.8. The number of fused-ring (bicyclic) bond motifs is 1. The molecule has 0 fully saturated rings. The lowest BCUT2D eigenvalue weighted by Gasteiger charge is -2.22. The maximum Gasteiger partial charge on any atom is 0.425 e. The number of aliphatic hydroxyl groups excluding tert-OH is 1. The zero-order valence-electron chi connectivity index (χ0n) is 10.0. The van der Waals surface area contributed by atoms with Gasteiger partial charge in [0.25, 0.3) is 0 Å². The summed E-state index contributed by atoms with van der Waals surface area (Å²) in [4.78, 5) is -0.587. The Hall–Kier alpha value is -1.07. The molecule has 0 aliphatic rings. The Labute approximate surface area is 107 Å². The first-order valence-electron chi connectivity index (χ1n) is 5.46. The van der Waals surface area contributed by atoms with Crippen LogP contribution in [0.2, 0.25) is 0 Å². The average Bonchev–Trinajstić information content (AvgIpc) is 2.71. The van der Waals surface area contributed by atoms with Gasteiger partial charge >= 0.3 is 6.18 Å². The summed E-state index contributed by atoms with van der Waals surface area (Å²) in [5, 5.41) is 9.85. The topological polar surface area (TPSA) is 20.2 Å². The summed E-state index contributed by atoms with van der Waals surface area (Å²) >= 11 is 0.744. The van der Waals surface area contributed by atoms with E-state index in [0.717, 1.165) is 23.0 Å². The lowest BCUT2D eigenvalue weighted by atomic mass is 9.85. The van der Waals surface area contributed by atoms with Crippen LogP contribution in [0.5, 0.6) is 0 Å². The van der Waals surface area contributed by atoms with Gasteiger partial charge in [-0.3, -0.25) is 0 Å². The molecule has 0 atom stereocenters. The van der Waals surface area contributed by atoms with Crippen molar-refractivity contribution in [2.75, 3.05) is 6.61 Å². The van der Waals surface area contributed by atoms with Crippen LogP contribution in [0.25, 0.3) is 10.1 Å². The summed E-state index contributed by atoms with van der Waals surface area (Å²) in [6, 6.07) is 6.34. The van der Waals surface area contributed by atoms with E-state index in [0.29, 0.717) is 10.1 Å². The van der Waals surface area contributed by atoms with Crippen LogP contribution in [0, 0.1) is 0 Å². The van der Waals surface area contributed by atoms with Crippen molar-refractivity contribution >= 4 is 21.4 Å². The summed E-state index contributed by atoms with van der Waals surface area (Å²) in [5.41, 5.74) is 0.387. The van der Waals surface area contributed by atoms with Gasteiger partial charge < -0.3 is 5.11 Å². The summed E-state index contributed by atoms with van der Waals surface area (Å²) in [6.07, 6.45) is -4.30. The van der Waals surface area contributed by atoms with Crippen molar-refractivity contribution in [2.45, 2.75) is 25.4 Å². The molecule has 1 nitrogen and oxygen atoms in total. The molecule has 0 aliphatic heterocycles. The predicted molar refractivity (Wildman–Crippen MR) is 66.9 cm³/mol. The van der Waals surface area contributed by atoms with Crippen molar-refractivity contribution in [3.05, 3.63) is 34.7 Å². The van der Waals surface area contributed by atoms with Crippen molar-refractivity contribution in [3.63, 3.8) is 0 Å². The molecular formula is C13H13F3OS. The number of aliphatic hydroxyl groups is 1. The SMILES string of the molecule is CC(C)(CO)c1ccc2sc(C(F)(F)F)cc2c1. The maximum atomic E-state index is 12.6. The zero-order chi connectivity index (χ0) is 13.6. The monoisotopic (exact) mass is 274 g/mol. The van der Waals surface area contributed by atoms with Gasteiger partial charge in [0.2, 0.25) is 0 Å². The number of halogens is 3. The summed E-state index contributed by atoms with van der Waals surface area (Å²) in [6.45, 7) is 3.66. The lowest BCUT2D eigenvalue weighted by molar-refractivity contribution is -0.134. The largest absolute Gasteiger partial charge is 0.425 e. The molecule has 2 aromatic rings. The van der Waals surface area contributed by atoms with Crippen LogP contribution >= 0.6 is 11.3 Å². The molecule has 5 heteroatoms. The minimum Gasteiger partial charge on any atom is -0.395 e. The fourth-order valence-corrected chi connectivity index (χ4v) is 2.61. The third-order valence-electron chi connectivity index (χ3n) is 2.97. The minimum atomic E-state index is -4.30. The van der Waals surface area contributed by atoms with Gasteiger partial charge in [0.15, 0.2) is 0 Å². The van der Waals surface area contributed by atoms with Crippen molar-refractivity contribution in [3.8, 4) is 0 Å². The molecule has 0 saturated carbocycles. The lowest BCUT2D eigenvalue weighted by Crippen LogP contribution is -2.21. The van der Waals surface area contributed by atoms with Crippen LogP contribution < -0.4 is 0 Å². The number of thiophene rings is 1. The van der Waals surface area contributed by atoms with Crippen molar-refractivity contribution < 1.29 is 18.3 Å². The number of benzene rings is 1. The molecule has 18 heavy (non-hydrogen) atoms. The second-order valence-electron chi connectivity index (χ2n) is 4.90. The van der Waals surface area contributed by atoms with E-state index in [1.807, 2.05) is 13.8 Å². The van der Waals surface area contributed by atoms with Crippen LogP contribution in [0.4, 0.5) is 13.2 Å². The first kappa shape index (κ1) is 13.4. The summed E-state index contributed by atoms with van der Waals surface area (Å²) < 4.78 is 38.4. The van der Waals surface area contributed by atoms with Crippen LogP contribution in [0.1, 0.15) is 24.3 Å². The molecule has 1 aromatic heterocycles. The highest BCUT2D eigenvalue weighted by atomic mass is 32.1. The van der Waals surface area contributed by atoms with Gasteiger partial charge in [-0.25, -0.2) is 0 Å². The highest BCUT2D eigenvalue weighted by Gasteiger charge is 2.33. The molecule has 1 aromatic carbocycles. The smallest absolute Gasteiger partial charge is 0.395 e. The molecular weight excluding hydrogens is 261 g/mol. The number of alkyl halides is 3. The maximum absolute atomic E-state index is 12.6. The Morgan fingerprint density at radius 3 is 2.39 bits per heavy atom. The summed E-state index contributed by atoms with van der Waals surface area (Å²) in [7, 11) is 0. The van der Waals surface area contributed by atoms with Gasteiger partial charge in [0, 0.05) is 10.1 Å². The van der Waals surface area contributed by atoms with E-state index in [1.165, 1.54) is 0 Å². The Morgan fingerprint density at radius 1 is 1.17 bits per heavy atom. The predicted octanol–water partition coefficient (Wildman–Crippen LogP) is 4.19. The van der Waals surface area contributed by atoms with Gasteiger partial charge in [-0.15, -0.1) is 11.3 Å². The Morgan fingerprint density at radius 2 is 1.83 bits per heavy atom. The van der Waals surface area contributed by atoms with Gasteiger partial charge in [-0.05, 0) is 29.1 Å². The van der Waals surface area contributed by atoms with E-state index in [-0.39, 0.29) is 6.61 Å². The molecule has 0 saturated heterocycles. The number of hydrogen-bond donors (Lipinski definition) is 1. The third kappa shape index (κ3) is 2.37. The molecule has 0 radical (unpaired) electrons. The fourth-order valence-electron chi connectivity index (χ4n) is 1.70. The quantitative estimate of drug-likeness (QED) is 0.870. The van der Waals surface area contributed by atoms with Crippen LogP contribution in [0.15, 0.2) is 24.3 Å². The first-order chi connectivity index (χ1) is 8.24. The molecule has 1 heterocycles. The molecule has 0 spiro atoms. The van der Waals surface area contributed by atoms with Crippen LogP contribution in [0.3, 0.4) is 0 Å². The molecule has 98 valence electrons. The second kappa shape index (κ2) is 4.24. The van der Waals surface area contributed by atoms with Gasteiger partial charge in [-0.1, -0.05) is 19.9 Å². The minimum absolute atomic E-state index is 0.0469. The standard InChI is InChI=1S/C13H13F3OS/c1-12(2,7-17)9-3-4-10-8(5-9)6-11(18-10)13(14,15)16/h3-6,17H,7H2,1-2H3. The average molecular weight is 274 g/mol. The molecule has 0 aliphatic carbocycles. The van der Waals surface area contributed by atoms with E-state index in [4.69, 9.17) is 0 Å². The molecule has 0 unspecified atom stereocenters. The van der Waals surface area contributed by atoms with Crippen LogP contribution in [-0.2, 0) is 11.6 Å². The third-order valence-corrected chi connectivity index (χ3v) is 4.13. The van der Waals surface area contributed by atoms with Gasteiger partial charge in [0.05, 0.1) is 6.61 Å². The number of hydrogen-bond acceptors (Lipinski definition) is 2. The van der Waals surface area contributed by atoms with Crippen molar-refractivity contribution in [1.29, 1.82) is 0 Å². The summed E-state index contributed by atoms with van der Waals surface area (Å²) in [5.74, 6) is 0. The highest BCUT2D eigenvalue weighted by Crippen LogP contribution is 2.39. The molecule has 1 N–H and O–H groups in total. The Bertz CT molecular complexity index is 569. The molecule has 0 bridgehead atoms. The van der Waals surface area contributed by atoms with E-state index >= 15 is 0 Å². The van der Waals surface area contributed by atoms with E-state index in [1.54, 1.807) is 18.2 Å². The molecule has 0 amide bonds.